The number of pyridine rings is 1. The van der Waals surface area contributed by atoms with Crippen LogP contribution in [0.5, 0.6) is 5.75 Å². The van der Waals surface area contributed by atoms with Gasteiger partial charge >= 0.3 is 0 Å². The minimum atomic E-state index is -2.82. The van der Waals surface area contributed by atoms with Gasteiger partial charge in [0.1, 0.15) is 5.69 Å². The van der Waals surface area contributed by atoms with Crippen molar-refractivity contribution in [3.8, 4) is 5.75 Å². The van der Waals surface area contributed by atoms with Crippen molar-refractivity contribution < 1.29 is 18.3 Å². The Labute approximate surface area is 89.0 Å². The maximum absolute atomic E-state index is 12.5. The van der Waals surface area contributed by atoms with Gasteiger partial charge < -0.3 is 10.5 Å². The third kappa shape index (κ3) is 2.33. The van der Waals surface area contributed by atoms with Gasteiger partial charge in [0.2, 0.25) is 0 Å². The first-order valence-corrected chi connectivity index (χ1v) is 4.17. The second kappa shape index (κ2) is 4.39. The van der Waals surface area contributed by atoms with Gasteiger partial charge in [-0.3, -0.25) is 4.79 Å². The Morgan fingerprint density at radius 3 is 2.67 bits per heavy atom. The quantitative estimate of drug-likeness (QED) is 0.815. The summed E-state index contributed by atoms with van der Waals surface area (Å²) in [6.45, 7) is 0. The maximum atomic E-state index is 12.5. The zero-order chi connectivity index (χ0) is 11.6. The number of nitrogen functional groups attached to an aromatic ring is 1. The number of nitrogens with zero attached hydrogens (tertiary/aromatic N) is 1. The van der Waals surface area contributed by atoms with E-state index in [1.54, 1.807) is 0 Å². The van der Waals surface area contributed by atoms with E-state index in [1.807, 2.05) is 0 Å². The van der Waals surface area contributed by atoms with Crippen LogP contribution in [0.15, 0.2) is 6.07 Å². The predicted octanol–water partition coefficient (Wildman–Crippen LogP) is 1.99. The lowest BCUT2D eigenvalue weighted by Gasteiger charge is -2.10. The number of aromatic nitrogens is 1. The molecule has 82 valence electrons. The first kappa shape index (κ1) is 11.6. The van der Waals surface area contributed by atoms with Crippen molar-refractivity contribution in [1.29, 1.82) is 0 Å². The largest absolute Gasteiger partial charge is 0.492 e. The molecule has 0 aromatic carbocycles. The van der Waals surface area contributed by atoms with Crippen molar-refractivity contribution in [3.05, 3.63) is 17.3 Å². The molecule has 0 amide bonds. The zero-order valence-electron chi connectivity index (χ0n) is 7.63. The van der Waals surface area contributed by atoms with Crippen LogP contribution < -0.4 is 10.5 Å². The van der Waals surface area contributed by atoms with E-state index in [-0.39, 0.29) is 17.3 Å². The Morgan fingerprint density at radius 2 is 2.27 bits per heavy atom. The lowest BCUT2D eigenvalue weighted by molar-refractivity contribution is 0.107. The van der Waals surface area contributed by atoms with Gasteiger partial charge in [-0.2, -0.15) is 0 Å². The number of methoxy groups -OCH3 is 1. The van der Waals surface area contributed by atoms with E-state index >= 15 is 0 Å². The molecule has 1 aromatic heterocycles. The summed E-state index contributed by atoms with van der Waals surface area (Å²) in [5.41, 5.74) is 4.49. The average molecular weight is 237 g/mol. The Kier molecular flexibility index (Phi) is 3.41. The van der Waals surface area contributed by atoms with Crippen molar-refractivity contribution in [2.24, 2.45) is 0 Å². The molecule has 2 N–H and O–H groups in total. The van der Waals surface area contributed by atoms with Crippen LogP contribution in [0.25, 0.3) is 0 Å². The molecule has 0 fully saturated rings. The highest BCUT2D eigenvalue weighted by Crippen LogP contribution is 2.33. The second-order valence-corrected chi connectivity index (χ2v) is 2.93. The summed E-state index contributed by atoms with van der Waals surface area (Å²) in [5.74, 6) is -0.536. The monoisotopic (exact) mass is 236 g/mol. The van der Waals surface area contributed by atoms with Crippen LogP contribution in [0.1, 0.15) is 22.5 Å². The van der Waals surface area contributed by atoms with E-state index in [1.165, 1.54) is 7.11 Å². The van der Waals surface area contributed by atoms with Crippen LogP contribution in [0.4, 0.5) is 14.6 Å². The van der Waals surface area contributed by atoms with E-state index in [0.717, 1.165) is 6.07 Å². The highest BCUT2D eigenvalue weighted by atomic mass is 35.5. The van der Waals surface area contributed by atoms with Crippen molar-refractivity contribution >= 4 is 22.7 Å². The van der Waals surface area contributed by atoms with Crippen LogP contribution in [-0.4, -0.2) is 17.3 Å². The van der Waals surface area contributed by atoms with E-state index < -0.39 is 17.2 Å². The summed E-state index contributed by atoms with van der Waals surface area (Å²) in [7, 11) is 1.18. The predicted molar refractivity (Wildman–Crippen MR) is 50.3 cm³/mol. The summed E-state index contributed by atoms with van der Waals surface area (Å²) < 4.78 is 29.7. The minimum absolute atomic E-state index is 0.244. The number of carbonyl (C=O) groups is 1. The first-order valence-electron chi connectivity index (χ1n) is 3.79. The van der Waals surface area contributed by atoms with Gasteiger partial charge in [0.25, 0.3) is 11.7 Å². The molecule has 0 saturated carbocycles. The molecule has 15 heavy (non-hydrogen) atoms. The molecule has 0 bridgehead atoms. The van der Waals surface area contributed by atoms with Crippen LogP contribution in [0, 0.1) is 0 Å². The van der Waals surface area contributed by atoms with Gasteiger partial charge in [0, 0.05) is 0 Å². The molecule has 0 unspecified atom stereocenters. The number of hydrogen-bond acceptors (Lipinski definition) is 4. The van der Waals surface area contributed by atoms with Crippen LogP contribution in [-0.2, 0) is 0 Å². The average Bonchev–Trinajstić information content (AvgIpc) is 2.16. The Balaban J connectivity index is 3.38. The molecule has 7 heteroatoms. The number of alkyl halides is 2. The van der Waals surface area contributed by atoms with Gasteiger partial charge in [0.05, 0.1) is 12.7 Å². The number of carbonyl (C=O) groups excluding carboxylic acids is 1. The van der Waals surface area contributed by atoms with E-state index in [2.05, 4.69) is 9.72 Å². The molecular formula is C8H7ClF2N2O2. The van der Waals surface area contributed by atoms with E-state index in [4.69, 9.17) is 17.3 Å². The smallest absolute Gasteiger partial charge is 0.270 e. The summed E-state index contributed by atoms with van der Waals surface area (Å²) in [5, 5.41) is -0.953. The summed E-state index contributed by atoms with van der Waals surface area (Å²) in [6, 6.07) is 0.856. The van der Waals surface area contributed by atoms with Crippen LogP contribution >= 0.6 is 11.6 Å². The molecule has 0 aliphatic carbocycles. The molecule has 0 radical (unpaired) electrons. The Bertz CT molecular complexity index is 398. The van der Waals surface area contributed by atoms with E-state index in [9.17, 15) is 13.6 Å². The fourth-order valence-electron chi connectivity index (χ4n) is 1.06. The first-order chi connectivity index (χ1) is 6.97. The number of anilines is 1. The van der Waals surface area contributed by atoms with Gasteiger partial charge in [-0.1, -0.05) is 0 Å². The molecular weight excluding hydrogens is 230 g/mol. The van der Waals surface area contributed by atoms with Gasteiger partial charge in [0.15, 0.2) is 11.6 Å². The third-order valence-electron chi connectivity index (χ3n) is 1.67. The van der Waals surface area contributed by atoms with Crippen molar-refractivity contribution in [1.82, 2.24) is 4.98 Å². The topological polar surface area (TPSA) is 65.2 Å². The second-order valence-electron chi connectivity index (χ2n) is 2.59. The number of halogens is 3. The molecule has 1 rings (SSSR count). The molecule has 0 spiro atoms. The fourth-order valence-corrected chi connectivity index (χ4v) is 1.16. The molecule has 1 heterocycles. The number of nitrogens with two attached hydrogens (primary N) is 1. The summed E-state index contributed by atoms with van der Waals surface area (Å²) in [6.07, 6.45) is -2.82. The fraction of sp³-hybridized carbons (Fsp3) is 0.250. The Hall–Kier alpha value is -1.43. The molecule has 1 aromatic rings. The lowest BCUT2D eigenvalue weighted by atomic mass is 10.2. The molecule has 0 aliphatic rings. The SMILES string of the molecule is COc1c(C(F)F)cc(C(=O)Cl)nc1N. The van der Waals surface area contributed by atoms with Crippen molar-refractivity contribution in [2.75, 3.05) is 12.8 Å². The zero-order valence-corrected chi connectivity index (χ0v) is 8.39. The van der Waals surface area contributed by atoms with Crippen molar-refractivity contribution in [2.45, 2.75) is 6.43 Å². The normalized spacial score (nSPS) is 10.5. The maximum Gasteiger partial charge on any atom is 0.270 e. The summed E-state index contributed by atoms with van der Waals surface area (Å²) in [4.78, 5) is 14.3. The minimum Gasteiger partial charge on any atom is -0.492 e. The molecule has 0 atom stereocenters. The number of hydrogen-bond donors (Lipinski definition) is 1. The number of ether oxygens (including phenoxy) is 1. The molecule has 0 aliphatic heterocycles. The van der Waals surface area contributed by atoms with E-state index in [0.29, 0.717) is 0 Å². The van der Waals surface area contributed by atoms with Gasteiger partial charge in [-0.05, 0) is 17.7 Å². The lowest BCUT2D eigenvalue weighted by Crippen LogP contribution is -2.05. The van der Waals surface area contributed by atoms with Gasteiger partial charge in [-0.15, -0.1) is 0 Å². The number of rotatable bonds is 3. The molecule has 4 nitrogen and oxygen atoms in total. The van der Waals surface area contributed by atoms with Crippen LogP contribution in [0.3, 0.4) is 0 Å². The van der Waals surface area contributed by atoms with Crippen molar-refractivity contribution in [3.63, 3.8) is 0 Å². The Morgan fingerprint density at radius 1 is 1.67 bits per heavy atom. The summed E-state index contributed by atoms with van der Waals surface area (Å²) >= 11 is 5.10. The van der Waals surface area contributed by atoms with Gasteiger partial charge in [-0.25, -0.2) is 13.8 Å². The molecule has 0 saturated heterocycles. The standard InChI is InChI=1S/C8H7ClF2N2O2/c1-15-5-3(7(10)11)2-4(6(9)14)13-8(5)12/h2,7H,1H3,(H2,12,13). The third-order valence-corrected chi connectivity index (χ3v) is 1.86. The highest BCUT2D eigenvalue weighted by Gasteiger charge is 2.20. The highest BCUT2D eigenvalue weighted by molar-refractivity contribution is 6.67. The van der Waals surface area contributed by atoms with Crippen LogP contribution in [0.2, 0.25) is 0 Å².